The van der Waals surface area contributed by atoms with Crippen LogP contribution in [0.25, 0.3) is 0 Å². The summed E-state index contributed by atoms with van der Waals surface area (Å²) in [5.74, 6) is -1.45. The van der Waals surface area contributed by atoms with Crippen molar-refractivity contribution in [3.8, 4) is 0 Å². The van der Waals surface area contributed by atoms with Crippen molar-refractivity contribution in [1.29, 1.82) is 0 Å². The van der Waals surface area contributed by atoms with Crippen LogP contribution in [0.5, 0.6) is 0 Å². The maximum absolute atomic E-state index is 12.5. The number of carboxylic acid groups (broad SMARTS) is 1. The van der Waals surface area contributed by atoms with E-state index in [0.29, 0.717) is 11.1 Å². The highest BCUT2D eigenvalue weighted by Crippen LogP contribution is 2.41. The van der Waals surface area contributed by atoms with Crippen LogP contribution in [0.4, 0.5) is 0 Å². The lowest BCUT2D eigenvalue weighted by atomic mass is 9.71. The number of imide groups is 1. The normalized spacial score (nSPS) is 20.1. The molecule has 1 heterocycles. The van der Waals surface area contributed by atoms with E-state index in [2.05, 4.69) is 0 Å². The van der Waals surface area contributed by atoms with Gasteiger partial charge in [0.25, 0.3) is 11.8 Å². The van der Waals surface area contributed by atoms with Gasteiger partial charge in [0, 0.05) is 6.54 Å². The number of fused-ring (bicyclic) bond motifs is 1. The standard InChI is InChI=1S/C17H19NO4/c19-14(20)10-17(8-4-1-5-9-17)11-18-15(21)12-6-2-3-7-13(12)16(18)22/h2-3,6-7H,1,4-5,8-11H2,(H,19,20). The van der Waals surface area contributed by atoms with Crippen molar-refractivity contribution >= 4 is 17.8 Å². The highest BCUT2D eigenvalue weighted by Gasteiger charge is 2.43. The van der Waals surface area contributed by atoms with Crippen LogP contribution in [0.1, 0.15) is 59.2 Å². The van der Waals surface area contributed by atoms with Gasteiger partial charge in [-0.2, -0.15) is 0 Å². The summed E-state index contributed by atoms with van der Waals surface area (Å²) in [6.45, 7) is 0.214. The first-order valence-corrected chi connectivity index (χ1v) is 7.69. The third kappa shape index (κ3) is 2.51. The number of rotatable bonds is 4. The van der Waals surface area contributed by atoms with Crippen LogP contribution in [0.2, 0.25) is 0 Å². The van der Waals surface area contributed by atoms with Gasteiger partial charge < -0.3 is 5.11 Å². The molecule has 3 rings (SSSR count). The zero-order chi connectivity index (χ0) is 15.7. The quantitative estimate of drug-likeness (QED) is 0.868. The lowest BCUT2D eigenvalue weighted by Gasteiger charge is -2.38. The summed E-state index contributed by atoms with van der Waals surface area (Å²) in [7, 11) is 0. The molecular formula is C17H19NO4. The summed E-state index contributed by atoms with van der Waals surface area (Å²) in [6.07, 6.45) is 4.52. The first-order chi connectivity index (χ1) is 10.5. The van der Waals surface area contributed by atoms with Gasteiger partial charge >= 0.3 is 5.97 Å². The molecule has 0 unspecified atom stereocenters. The third-order valence-corrected chi connectivity index (χ3v) is 4.81. The Morgan fingerprint density at radius 1 is 1.05 bits per heavy atom. The molecule has 5 nitrogen and oxygen atoms in total. The molecule has 0 bridgehead atoms. The number of carbonyl (C=O) groups excluding carboxylic acids is 2. The van der Waals surface area contributed by atoms with E-state index in [9.17, 15) is 19.5 Å². The Bertz CT molecular complexity index is 596. The predicted molar refractivity (Wildman–Crippen MR) is 79.6 cm³/mol. The first-order valence-electron chi connectivity index (χ1n) is 7.69. The molecule has 0 saturated heterocycles. The Kier molecular flexibility index (Phi) is 3.72. The van der Waals surface area contributed by atoms with Gasteiger partial charge in [-0.05, 0) is 30.4 Å². The van der Waals surface area contributed by atoms with E-state index >= 15 is 0 Å². The molecule has 1 aliphatic carbocycles. The zero-order valence-corrected chi connectivity index (χ0v) is 12.4. The smallest absolute Gasteiger partial charge is 0.303 e. The van der Waals surface area contributed by atoms with Crippen molar-refractivity contribution in [3.63, 3.8) is 0 Å². The van der Waals surface area contributed by atoms with Crippen molar-refractivity contribution in [3.05, 3.63) is 35.4 Å². The molecule has 1 aromatic carbocycles. The lowest BCUT2D eigenvalue weighted by molar-refractivity contribution is -0.140. The number of benzene rings is 1. The maximum Gasteiger partial charge on any atom is 0.303 e. The summed E-state index contributed by atoms with van der Waals surface area (Å²) in [5.41, 5.74) is 0.375. The molecule has 0 spiro atoms. The SMILES string of the molecule is O=C(O)CC1(CN2C(=O)c3ccccc3C2=O)CCCCC1. The van der Waals surface area contributed by atoms with Gasteiger partial charge in [0.1, 0.15) is 0 Å². The fourth-order valence-electron chi connectivity index (χ4n) is 3.73. The van der Waals surface area contributed by atoms with E-state index in [1.807, 2.05) is 0 Å². The van der Waals surface area contributed by atoms with Crippen molar-refractivity contribution in [2.45, 2.75) is 38.5 Å². The maximum atomic E-state index is 12.5. The Morgan fingerprint density at radius 2 is 1.59 bits per heavy atom. The van der Waals surface area contributed by atoms with E-state index in [4.69, 9.17) is 0 Å². The van der Waals surface area contributed by atoms with Crippen molar-refractivity contribution in [1.82, 2.24) is 4.90 Å². The number of hydrogen-bond acceptors (Lipinski definition) is 3. The number of carbonyl (C=O) groups is 3. The molecule has 2 amide bonds. The third-order valence-electron chi connectivity index (χ3n) is 4.81. The van der Waals surface area contributed by atoms with Gasteiger partial charge in [0.15, 0.2) is 0 Å². The molecule has 116 valence electrons. The number of amides is 2. The Balaban J connectivity index is 1.86. The van der Waals surface area contributed by atoms with E-state index in [1.54, 1.807) is 24.3 Å². The van der Waals surface area contributed by atoms with Crippen LogP contribution in [-0.4, -0.2) is 34.3 Å². The molecule has 5 heteroatoms. The van der Waals surface area contributed by atoms with Gasteiger partial charge in [-0.15, -0.1) is 0 Å². The number of nitrogens with zero attached hydrogens (tertiary/aromatic N) is 1. The van der Waals surface area contributed by atoms with E-state index in [0.717, 1.165) is 32.1 Å². The van der Waals surface area contributed by atoms with Crippen LogP contribution in [-0.2, 0) is 4.79 Å². The predicted octanol–water partition coefficient (Wildman–Crippen LogP) is 2.71. The van der Waals surface area contributed by atoms with Crippen molar-refractivity contribution in [2.75, 3.05) is 6.54 Å². The number of hydrogen-bond donors (Lipinski definition) is 1. The molecule has 2 aliphatic rings. The van der Waals surface area contributed by atoms with Gasteiger partial charge in [0.2, 0.25) is 0 Å². The molecule has 1 N–H and O–H groups in total. The average molecular weight is 301 g/mol. The molecule has 0 atom stereocenters. The van der Waals surface area contributed by atoms with Gasteiger partial charge in [-0.25, -0.2) is 0 Å². The lowest BCUT2D eigenvalue weighted by Crippen LogP contribution is -2.43. The first kappa shape index (κ1) is 14.8. The summed E-state index contributed by atoms with van der Waals surface area (Å²) in [6, 6.07) is 6.78. The minimum atomic E-state index is -0.862. The minimum Gasteiger partial charge on any atom is -0.481 e. The molecule has 0 radical (unpaired) electrons. The largest absolute Gasteiger partial charge is 0.481 e. The van der Waals surface area contributed by atoms with Crippen LogP contribution >= 0.6 is 0 Å². The zero-order valence-electron chi connectivity index (χ0n) is 12.4. The Morgan fingerprint density at radius 3 is 2.09 bits per heavy atom. The van der Waals surface area contributed by atoms with Crippen molar-refractivity contribution in [2.24, 2.45) is 5.41 Å². The molecule has 1 aromatic rings. The highest BCUT2D eigenvalue weighted by molar-refractivity contribution is 6.21. The van der Waals surface area contributed by atoms with Gasteiger partial charge in [-0.3, -0.25) is 19.3 Å². The van der Waals surface area contributed by atoms with E-state index in [1.165, 1.54) is 4.90 Å². The van der Waals surface area contributed by atoms with Crippen molar-refractivity contribution < 1.29 is 19.5 Å². The van der Waals surface area contributed by atoms with E-state index in [-0.39, 0.29) is 24.8 Å². The second-order valence-electron chi connectivity index (χ2n) is 6.37. The minimum absolute atomic E-state index is 0.0143. The molecule has 0 aromatic heterocycles. The number of carboxylic acids is 1. The summed E-state index contributed by atoms with van der Waals surface area (Å²) >= 11 is 0. The van der Waals surface area contributed by atoms with Crippen LogP contribution in [0, 0.1) is 5.41 Å². The van der Waals surface area contributed by atoms with Crippen LogP contribution in [0.15, 0.2) is 24.3 Å². The van der Waals surface area contributed by atoms with Gasteiger partial charge in [0.05, 0.1) is 17.5 Å². The summed E-state index contributed by atoms with van der Waals surface area (Å²) < 4.78 is 0. The van der Waals surface area contributed by atoms with Crippen LogP contribution in [0.3, 0.4) is 0 Å². The molecule has 1 fully saturated rings. The highest BCUT2D eigenvalue weighted by atomic mass is 16.4. The molecule has 1 aliphatic heterocycles. The monoisotopic (exact) mass is 301 g/mol. The summed E-state index contributed by atoms with van der Waals surface area (Å²) in [5, 5.41) is 9.22. The van der Waals surface area contributed by atoms with Gasteiger partial charge in [-0.1, -0.05) is 31.4 Å². The molecular weight excluding hydrogens is 282 g/mol. The topological polar surface area (TPSA) is 74.7 Å². The fourth-order valence-corrected chi connectivity index (χ4v) is 3.73. The van der Waals surface area contributed by atoms with Crippen LogP contribution < -0.4 is 0 Å². The van der Waals surface area contributed by atoms with E-state index < -0.39 is 11.4 Å². The fraction of sp³-hybridized carbons (Fsp3) is 0.471. The second-order valence-corrected chi connectivity index (χ2v) is 6.37. The Labute approximate surface area is 128 Å². The summed E-state index contributed by atoms with van der Waals surface area (Å²) in [4.78, 5) is 37.4. The number of aliphatic carboxylic acids is 1. The molecule has 1 saturated carbocycles. The second kappa shape index (κ2) is 5.55. The average Bonchev–Trinajstić information content (AvgIpc) is 2.73. The Hall–Kier alpha value is -2.17. The molecule has 22 heavy (non-hydrogen) atoms.